The number of aromatic nitrogens is 3. The van der Waals surface area contributed by atoms with Crippen LogP contribution in [-0.4, -0.2) is 27.7 Å². The van der Waals surface area contributed by atoms with Gasteiger partial charge >= 0.3 is 6.36 Å². The minimum atomic E-state index is -4.72. The van der Waals surface area contributed by atoms with E-state index in [1.807, 2.05) is 0 Å². The summed E-state index contributed by atoms with van der Waals surface area (Å²) in [5.41, 5.74) is 0.720. The second kappa shape index (κ2) is 6.46. The van der Waals surface area contributed by atoms with Crippen molar-refractivity contribution in [3.8, 4) is 5.75 Å². The van der Waals surface area contributed by atoms with E-state index in [0.29, 0.717) is 12.2 Å². The van der Waals surface area contributed by atoms with E-state index < -0.39 is 6.36 Å². The quantitative estimate of drug-likeness (QED) is 0.888. The van der Waals surface area contributed by atoms with Crippen LogP contribution in [0.3, 0.4) is 0 Å². The molecular formula is C13H13F3N4O2. The van der Waals surface area contributed by atoms with Crippen LogP contribution in [0.2, 0.25) is 0 Å². The van der Waals surface area contributed by atoms with Gasteiger partial charge in [-0.1, -0.05) is 19.1 Å². The number of halogens is 3. The van der Waals surface area contributed by atoms with Gasteiger partial charge in [-0.15, -0.1) is 18.3 Å². The summed E-state index contributed by atoms with van der Waals surface area (Å²) in [5.74, 6) is -0.627. The molecular weight excluding hydrogens is 301 g/mol. The van der Waals surface area contributed by atoms with Crippen LogP contribution >= 0.6 is 0 Å². The van der Waals surface area contributed by atoms with Crippen LogP contribution in [-0.2, 0) is 11.2 Å². The summed E-state index contributed by atoms with van der Waals surface area (Å²) >= 11 is 0. The third kappa shape index (κ3) is 4.76. The number of anilines is 1. The van der Waals surface area contributed by atoms with Crippen molar-refractivity contribution in [2.45, 2.75) is 19.7 Å². The lowest BCUT2D eigenvalue weighted by atomic mass is 10.0. The third-order valence-electron chi connectivity index (χ3n) is 2.81. The molecule has 0 aliphatic heterocycles. The molecule has 0 bridgehead atoms. The summed E-state index contributed by atoms with van der Waals surface area (Å²) < 4.78 is 39.9. The maximum absolute atomic E-state index is 12.0. The van der Waals surface area contributed by atoms with Crippen LogP contribution in [0.5, 0.6) is 5.75 Å². The molecule has 0 fully saturated rings. The second-order valence-corrected chi connectivity index (χ2v) is 4.64. The highest BCUT2D eigenvalue weighted by Gasteiger charge is 2.31. The van der Waals surface area contributed by atoms with Crippen molar-refractivity contribution >= 4 is 11.7 Å². The van der Waals surface area contributed by atoms with Crippen molar-refractivity contribution in [1.29, 1.82) is 0 Å². The van der Waals surface area contributed by atoms with Crippen molar-refractivity contribution < 1.29 is 22.7 Å². The van der Waals surface area contributed by atoms with E-state index in [4.69, 9.17) is 0 Å². The van der Waals surface area contributed by atoms with Gasteiger partial charge in [0.05, 0.1) is 6.20 Å². The zero-order valence-corrected chi connectivity index (χ0v) is 11.5. The number of hydrogen-bond acceptors (Lipinski definition) is 4. The minimum Gasteiger partial charge on any atom is -0.406 e. The molecule has 1 aromatic heterocycles. The highest BCUT2D eigenvalue weighted by atomic mass is 19.4. The van der Waals surface area contributed by atoms with Crippen LogP contribution in [0.15, 0.2) is 30.5 Å². The number of alkyl halides is 3. The van der Waals surface area contributed by atoms with Crippen molar-refractivity contribution in [1.82, 2.24) is 15.4 Å². The smallest absolute Gasteiger partial charge is 0.406 e. The molecule has 0 aliphatic rings. The SMILES string of the molecule is CC(Cc1ccc(OC(F)(F)F)cc1)C(=O)Nc1cn[nH]n1. The average Bonchev–Trinajstić information content (AvgIpc) is 2.92. The Labute approximate surface area is 123 Å². The van der Waals surface area contributed by atoms with E-state index in [1.54, 1.807) is 6.92 Å². The zero-order chi connectivity index (χ0) is 16.2. The molecule has 2 N–H and O–H groups in total. The second-order valence-electron chi connectivity index (χ2n) is 4.64. The Balaban J connectivity index is 1.91. The number of nitrogens with zero attached hydrogens (tertiary/aromatic N) is 2. The van der Waals surface area contributed by atoms with Crippen LogP contribution in [0.1, 0.15) is 12.5 Å². The Morgan fingerprint density at radius 1 is 1.36 bits per heavy atom. The number of aromatic amines is 1. The van der Waals surface area contributed by atoms with Gasteiger partial charge in [0, 0.05) is 5.92 Å². The zero-order valence-electron chi connectivity index (χ0n) is 11.5. The summed E-state index contributed by atoms with van der Waals surface area (Å²) in [6.07, 6.45) is -2.98. The molecule has 0 saturated carbocycles. The topological polar surface area (TPSA) is 79.9 Å². The van der Waals surface area contributed by atoms with Crippen LogP contribution in [0.25, 0.3) is 0 Å². The van der Waals surface area contributed by atoms with E-state index in [1.165, 1.54) is 30.5 Å². The Bertz CT molecular complexity index is 611. The van der Waals surface area contributed by atoms with Gasteiger partial charge in [0.2, 0.25) is 5.91 Å². The van der Waals surface area contributed by atoms with Gasteiger partial charge in [-0.3, -0.25) is 4.79 Å². The molecule has 2 rings (SSSR count). The predicted molar refractivity (Wildman–Crippen MR) is 71.0 cm³/mol. The lowest BCUT2D eigenvalue weighted by Gasteiger charge is -2.12. The number of amides is 1. The van der Waals surface area contributed by atoms with Gasteiger partial charge in [0.25, 0.3) is 0 Å². The fourth-order valence-corrected chi connectivity index (χ4v) is 1.78. The number of rotatable bonds is 5. The highest BCUT2D eigenvalue weighted by Crippen LogP contribution is 2.23. The molecule has 0 aliphatic carbocycles. The van der Waals surface area contributed by atoms with Crippen molar-refractivity contribution in [3.63, 3.8) is 0 Å². The van der Waals surface area contributed by atoms with Crippen molar-refractivity contribution in [3.05, 3.63) is 36.0 Å². The molecule has 1 heterocycles. The molecule has 0 radical (unpaired) electrons. The normalized spacial score (nSPS) is 12.7. The van der Waals surface area contributed by atoms with Gasteiger partial charge in [-0.25, -0.2) is 0 Å². The maximum atomic E-state index is 12.0. The summed E-state index contributed by atoms with van der Waals surface area (Å²) in [4.78, 5) is 11.9. The summed E-state index contributed by atoms with van der Waals surface area (Å²) in [7, 11) is 0. The van der Waals surface area contributed by atoms with Crippen LogP contribution in [0, 0.1) is 5.92 Å². The van der Waals surface area contributed by atoms with E-state index in [2.05, 4.69) is 25.5 Å². The van der Waals surface area contributed by atoms with Gasteiger partial charge in [-0.05, 0) is 24.1 Å². The summed E-state index contributed by atoms with van der Waals surface area (Å²) in [6.45, 7) is 1.70. The molecule has 118 valence electrons. The number of carbonyl (C=O) groups excluding carboxylic acids is 1. The van der Waals surface area contributed by atoms with E-state index in [-0.39, 0.29) is 17.6 Å². The molecule has 1 atom stereocenters. The van der Waals surface area contributed by atoms with E-state index >= 15 is 0 Å². The molecule has 0 saturated heterocycles. The standard InChI is InChI=1S/C13H13F3N4O2/c1-8(12(21)18-11-7-17-20-19-11)6-9-2-4-10(5-3-9)22-13(14,15)16/h2-5,7-8H,6H2,1H3,(H2,17,18,19,20,21). The molecule has 1 amide bonds. The van der Waals surface area contributed by atoms with Crippen molar-refractivity contribution in [2.75, 3.05) is 5.32 Å². The van der Waals surface area contributed by atoms with Gasteiger partial charge < -0.3 is 10.1 Å². The Hall–Kier alpha value is -2.58. The highest BCUT2D eigenvalue weighted by molar-refractivity contribution is 5.91. The first-order valence-corrected chi connectivity index (χ1v) is 6.35. The number of benzene rings is 1. The summed E-state index contributed by atoms with van der Waals surface area (Å²) in [5, 5.41) is 12.2. The van der Waals surface area contributed by atoms with Gasteiger partial charge in [-0.2, -0.15) is 10.3 Å². The fourth-order valence-electron chi connectivity index (χ4n) is 1.78. The molecule has 22 heavy (non-hydrogen) atoms. The van der Waals surface area contributed by atoms with E-state index in [9.17, 15) is 18.0 Å². The lowest BCUT2D eigenvalue weighted by molar-refractivity contribution is -0.274. The van der Waals surface area contributed by atoms with E-state index in [0.717, 1.165) is 5.56 Å². The van der Waals surface area contributed by atoms with Crippen LogP contribution in [0.4, 0.5) is 19.0 Å². The number of ether oxygens (including phenoxy) is 1. The number of nitrogens with one attached hydrogen (secondary N) is 2. The first-order valence-electron chi connectivity index (χ1n) is 6.35. The Morgan fingerprint density at radius 2 is 2.05 bits per heavy atom. The fraction of sp³-hybridized carbons (Fsp3) is 0.308. The first-order chi connectivity index (χ1) is 10.3. The monoisotopic (exact) mass is 314 g/mol. The number of carbonyl (C=O) groups is 1. The average molecular weight is 314 g/mol. The molecule has 9 heteroatoms. The molecule has 6 nitrogen and oxygen atoms in total. The van der Waals surface area contributed by atoms with Gasteiger partial charge in [0.1, 0.15) is 5.75 Å². The molecule has 1 aromatic carbocycles. The molecule has 1 unspecified atom stereocenters. The third-order valence-corrected chi connectivity index (χ3v) is 2.81. The summed E-state index contributed by atoms with van der Waals surface area (Å²) in [6, 6.07) is 5.40. The minimum absolute atomic E-state index is 0.260. The largest absolute Gasteiger partial charge is 0.573 e. The Morgan fingerprint density at radius 3 is 2.59 bits per heavy atom. The maximum Gasteiger partial charge on any atom is 0.573 e. The number of H-pyrrole nitrogens is 1. The lowest BCUT2D eigenvalue weighted by Crippen LogP contribution is -2.22. The van der Waals surface area contributed by atoms with Gasteiger partial charge in [0.15, 0.2) is 5.82 Å². The molecule has 0 spiro atoms. The molecule has 2 aromatic rings. The number of hydrogen-bond donors (Lipinski definition) is 2. The van der Waals surface area contributed by atoms with Crippen molar-refractivity contribution in [2.24, 2.45) is 5.92 Å². The first kappa shape index (κ1) is 15.8. The predicted octanol–water partition coefficient (Wildman–Crippen LogP) is 2.52. The Kier molecular flexibility index (Phi) is 4.64. The van der Waals surface area contributed by atoms with Crippen LogP contribution < -0.4 is 10.1 Å².